The summed E-state index contributed by atoms with van der Waals surface area (Å²) in [7, 11) is 0. The van der Waals surface area contributed by atoms with Crippen molar-refractivity contribution in [2.75, 3.05) is 19.7 Å². The van der Waals surface area contributed by atoms with Crippen molar-refractivity contribution in [2.45, 2.75) is 51.7 Å². The second kappa shape index (κ2) is 8.47. The molecule has 2 rings (SSSR count). The number of rotatable bonds is 7. The normalized spacial score (nSPS) is 19.0. The Bertz CT molecular complexity index is 388. The molecule has 4 nitrogen and oxygen atoms in total. The van der Waals surface area contributed by atoms with Gasteiger partial charge < -0.3 is 10.4 Å². The molecule has 118 valence electrons. The fraction of sp³-hybridized carbons (Fsp3) is 0.706. The number of nitrogens with zero attached hydrogens (tertiary/aromatic N) is 2. The fourth-order valence-corrected chi connectivity index (χ4v) is 3.06. The molecule has 0 amide bonds. The Labute approximate surface area is 128 Å². The van der Waals surface area contributed by atoms with Gasteiger partial charge in [0, 0.05) is 37.6 Å². The molecule has 1 aromatic heterocycles. The molecule has 2 heterocycles. The van der Waals surface area contributed by atoms with E-state index in [-0.39, 0.29) is 6.61 Å². The van der Waals surface area contributed by atoms with Crippen LogP contribution in [0.2, 0.25) is 0 Å². The molecule has 1 aliphatic heterocycles. The van der Waals surface area contributed by atoms with Crippen LogP contribution in [0.3, 0.4) is 0 Å². The number of aliphatic hydroxyl groups excluding tert-OH is 1. The van der Waals surface area contributed by atoms with E-state index in [4.69, 9.17) is 5.11 Å². The SMILES string of the molecule is CC(C)C(CCO)NC1CCN(Cc2ccncc2)CC1. The summed E-state index contributed by atoms with van der Waals surface area (Å²) >= 11 is 0. The van der Waals surface area contributed by atoms with E-state index in [2.05, 4.69) is 41.2 Å². The van der Waals surface area contributed by atoms with Crippen LogP contribution in [-0.4, -0.2) is 46.8 Å². The number of pyridine rings is 1. The first-order valence-electron chi connectivity index (χ1n) is 8.17. The van der Waals surface area contributed by atoms with E-state index in [9.17, 15) is 0 Å². The van der Waals surface area contributed by atoms with Gasteiger partial charge in [-0.25, -0.2) is 0 Å². The van der Waals surface area contributed by atoms with Crippen LogP contribution in [0.5, 0.6) is 0 Å². The van der Waals surface area contributed by atoms with Crippen LogP contribution in [0.15, 0.2) is 24.5 Å². The molecule has 1 saturated heterocycles. The summed E-state index contributed by atoms with van der Waals surface area (Å²) in [5.74, 6) is 0.576. The van der Waals surface area contributed by atoms with Crippen molar-refractivity contribution in [3.05, 3.63) is 30.1 Å². The summed E-state index contributed by atoms with van der Waals surface area (Å²) < 4.78 is 0. The van der Waals surface area contributed by atoms with Gasteiger partial charge in [-0.3, -0.25) is 9.88 Å². The first-order valence-corrected chi connectivity index (χ1v) is 8.17. The van der Waals surface area contributed by atoms with Gasteiger partial charge in [0.05, 0.1) is 0 Å². The molecule has 0 saturated carbocycles. The van der Waals surface area contributed by atoms with E-state index in [0.29, 0.717) is 18.0 Å². The number of likely N-dealkylation sites (tertiary alicyclic amines) is 1. The van der Waals surface area contributed by atoms with Crippen molar-refractivity contribution in [3.8, 4) is 0 Å². The number of nitrogens with one attached hydrogen (secondary N) is 1. The lowest BCUT2D eigenvalue weighted by Crippen LogP contribution is -2.47. The molecule has 0 aliphatic carbocycles. The predicted molar refractivity (Wildman–Crippen MR) is 86.0 cm³/mol. The summed E-state index contributed by atoms with van der Waals surface area (Å²) in [6, 6.07) is 5.23. The third kappa shape index (κ3) is 5.38. The van der Waals surface area contributed by atoms with E-state index in [0.717, 1.165) is 26.1 Å². The van der Waals surface area contributed by atoms with Gasteiger partial charge in [-0.1, -0.05) is 13.8 Å². The predicted octanol–water partition coefficient (Wildman–Crippen LogP) is 2.04. The van der Waals surface area contributed by atoms with Gasteiger partial charge in [0.15, 0.2) is 0 Å². The van der Waals surface area contributed by atoms with Crippen LogP contribution in [0, 0.1) is 5.92 Å². The molecule has 1 atom stereocenters. The molecule has 1 fully saturated rings. The van der Waals surface area contributed by atoms with Crippen molar-refractivity contribution in [1.29, 1.82) is 0 Å². The number of hydrogen-bond donors (Lipinski definition) is 2. The first-order chi connectivity index (χ1) is 10.2. The molecule has 21 heavy (non-hydrogen) atoms. The minimum Gasteiger partial charge on any atom is -0.396 e. The molecule has 2 N–H and O–H groups in total. The second-order valence-electron chi connectivity index (χ2n) is 6.44. The molecule has 1 aromatic rings. The highest BCUT2D eigenvalue weighted by Gasteiger charge is 2.22. The highest BCUT2D eigenvalue weighted by molar-refractivity contribution is 5.09. The Morgan fingerprint density at radius 3 is 2.52 bits per heavy atom. The maximum Gasteiger partial charge on any atom is 0.0445 e. The van der Waals surface area contributed by atoms with Crippen molar-refractivity contribution < 1.29 is 5.11 Å². The highest BCUT2D eigenvalue weighted by atomic mass is 16.3. The van der Waals surface area contributed by atoms with E-state index >= 15 is 0 Å². The molecule has 4 heteroatoms. The van der Waals surface area contributed by atoms with Crippen molar-refractivity contribution in [1.82, 2.24) is 15.2 Å². The second-order valence-corrected chi connectivity index (χ2v) is 6.44. The zero-order valence-corrected chi connectivity index (χ0v) is 13.3. The van der Waals surface area contributed by atoms with E-state index in [1.54, 1.807) is 0 Å². The number of aromatic nitrogens is 1. The highest BCUT2D eigenvalue weighted by Crippen LogP contribution is 2.16. The van der Waals surface area contributed by atoms with Gasteiger partial charge in [0.1, 0.15) is 0 Å². The fourth-order valence-electron chi connectivity index (χ4n) is 3.06. The first kappa shape index (κ1) is 16.4. The van der Waals surface area contributed by atoms with Crippen LogP contribution in [0.4, 0.5) is 0 Å². The Balaban J connectivity index is 1.75. The third-order valence-corrected chi connectivity index (χ3v) is 4.44. The Kier molecular flexibility index (Phi) is 6.61. The Morgan fingerprint density at radius 1 is 1.29 bits per heavy atom. The van der Waals surface area contributed by atoms with Gasteiger partial charge in [-0.2, -0.15) is 0 Å². The largest absolute Gasteiger partial charge is 0.396 e. The molecular formula is C17H29N3O. The van der Waals surface area contributed by atoms with Crippen LogP contribution >= 0.6 is 0 Å². The van der Waals surface area contributed by atoms with Crippen LogP contribution < -0.4 is 5.32 Å². The summed E-state index contributed by atoms with van der Waals surface area (Å²) in [5, 5.41) is 12.9. The maximum atomic E-state index is 9.17. The minimum absolute atomic E-state index is 0.275. The Hall–Kier alpha value is -0.970. The van der Waals surface area contributed by atoms with E-state index < -0.39 is 0 Å². The van der Waals surface area contributed by atoms with Gasteiger partial charge in [-0.15, -0.1) is 0 Å². The molecule has 0 aromatic carbocycles. The van der Waals surface area contributed by atoms with Gasteiger partial charge in [0.25, 0.3) is 0 Å². The topological polar surface area (TPSA) is 48.4 Å². The standard InChI is InChI=1S/C17H29N3O/c1-14(2)17(7-12-21)19-16-5-10-20(11-6-16)13-15-3-8-18-9-4-15/h3-4,8-9,14,16-17,19,21H,5-7,10-13H2,1-2H3. The van der Waals surface area contributed by atoms with Crippen LogP contribution in [0.1, 0.15) is 38.7 Å². The molecule has 0 bridgehead atoms. The third-order valence-electron chi connectivity index (χ3n) is 4.44. The van der Waals surface area contributed by atoms with E-state index in [1.165, 1.54) is 18.4 Å². The molecule has 0 radical (unpaired) electrons. The summed E-state index contributed by atoms with van der Waals surface area (Å²) in [6.07, 6.45) is 6.98. The average molecular weight is 291 g/mol. The van der Waals surface area contributed by atoms with Gasteiger partial charge in [-0.05, 0) is 56.0 Å². The summed E-state index contributed by atoms with van der Waals surface area (Å²) in [6.45, 7) is 8.04. The quantitative estimate of drug-likeness (QED) is 0.807. The van der Waals surface area contributed by atoms with Gasteiger partial charge >= 0.3 is 0 Å². The van der Waals surface area contributed by atoms with Crippen LogP contribution in [-0.2, 0) is 6.54 Å². The number of aliphatic hydroxyl groups is 1. The van der Waals surface area contributed by atoms with Crippen LogP contribution in [0.25, 0.3) is 0 Å². The zero-order chi connectivity index (χ0) is 15.1. The number of piperidine rings is 1. The lowest BCUT2D eigenvalue weighted by atomic mass is 9.97. The van der Waals surface area contributed by atoms with Gasteiger partial charge in [0.2, 0.25) is 0 Å². The number of hydrogen-bond acceptors (Lipinski definition) is 4. The lowest BCUT2D eigenvalue weighted by molar-refractivity contribution is 0.167. The summed E-state index contributed by atoms with van der Waals surface area (Å²) in [5.41, 5.74) is 1.34. The van der Waals surface area contributed by atoms with Crippen molar-refractivity contribution in [3.63, 3.8) is 0 Å². The molecular weight excluding hydrogens is 262 g/mol. The molecule has 0 spiro atoms. The molecule has 1 unspecified atom stereocenters. The Morgan fingerprint density at radius 2 is 1.95 bits per heavy atom. The molecule has 1 aliphatic rings. The van der Waals surface area contributed by atoms with E-state index in [1.807, 2.05) is 12.4 Å². The summed E-state index contributed by atoms with van der Waals surface area (Å²) in [4.78, 5) is 6.59. The van der Waals surface area contributed by atoms with Crippen molar-refractivity contribution in [2.24, 2.45) is 5.92 Å². The monoisotopic (exact) mass is 291 g/mol. The zero-order valence-electron chi connectivity index (χ0n) is 13.3. The maximum absolute atomic E-state index is 9.17. The van der Waals surface area contributed by atoms with Crippen molar-refractivity contribution >= 4 is 0 Å². The minimum atomic E-state index is 0.275. The average Bonchev–Trinajstić information content (AvgIpc) is 2.49. The lowest BCUT2D eigenvalue weighted by Gasteiger charge is -2.35. The smallest absolute Gasteiger partial charge is 0.0445 e.